The Morgan fingerprint density at radius 1 is 1.29 bits per heavy atom. The van der Waals surface area contributed by atoms with Crippen molar-refractivity contribution in [3.63, 3.8) is 0 Å². The highest BCUT2D eigenvalue weighted by atomic mass is 35.5. The number of halogens is 1. The molecule has 1 amide bonds. The van der Waals surface area contributed by atoms with Gasteiger partial charge in [-0.1, -0.05) is 34.5 Å². The minimum Gasteiger partial charge on any atom is -0.489 e. The second-order valence-electron chi connectivity index (χ2n) is 6.58. The number of aryl methyl sites for hydroxylation is 3. The smallest absolute Gasteiger partial charge is 0.276 e. The molecule has 1 aromatic carbocycles. The number of benzene rings is 1. The number of nitrogens with zero attached hydrogens (tertiary/aromatic N) is 4. The van der Waals surface area contributed by atoms with Gasteiger partial charge in [0.2, 0.25) is 0 Å². The van der Waals surface area contributed by atoms with Gasteiger partial charge in [0, 0.05) is 13.6 Å². The van der Waals surface area contributed by atoms with E-state index >= 15 is 0 Å². The second kappa shape index (κ2) is 8.48. The highest BCUT2D eigenvalue weighted by molar-refractivity contribution is 6.31. The van der Waals surface area contributed by atoms with E-state index in [0.717, 1.165) is 17.0 Å². The van der Waals surface area contributed by atoms with E-state index in [0.29, 0.717) is 29.4 Å². The third kappa shape index (κ3) is 4.20. The Hall–Kier alpha value is -2.80. The van der Waals surface area contributed by atoms with E-state index < -0.39 is 0 Å². The largest absolute Gasteiger partial charge is 0.489 e. The number of aromatic nitrogens is 3. The van der Waals surface area contributed by atoms with Crippen LogP contribution in [0.3, 0.4) is 0 Å². The Labute approximate surface area is 168 Å². The van der Waals surface area contributed by atoms with Gasteiger partial charge in [0.1, 0.15) is 18.1 Å². The number of amides is 1. The van der Waals surface area contributed by atoms with Crippen molar-refractivity contribution in [3.05, 3.63) is 63.8 Å². The summed E-state index contributed by atoms with van der Waals surface area (Å²) in [4.78, 5) is 14.5. The van der Waals surface area contributed by atoms with E-state index in [1.165, 1.54) is 0 Å². The molecule has 0 aliphatic carbocycles. The molecular weight excluding hydrogens is 380 g/mol. The molecule has 28 heavy (non-hydrogen) atoms. The Morgan fingerprint density at radius 3 is 2.68 bits per heavy atom. The van der Waals surface area contributed by atoms with Gasteiger partial charge in [-0.2, -0.15) is 5.10 Å². The van der Waals surface area contributed by atoms with Crippen LogP contribution in [0.2, 0.25) is 5.02 Å². The van der Waals surface area contributed by atoms with Crippen LogP contribution in [0.4, 0.5) is 0 Å². The van der Waals surface area contributed by atoms with Crippen LogP contribution in [0.1, 0.15) is 40.0 Å². The maximum absolute atomic E-state index is 12.9. The predicted molar refractivity (Wildman–Crippen MR) is 105 cm³/mol. The van der Waals surface area contributed by atoms with E-state index in [1.54, 1.807) is 29.7 Å². The van der Waals surface area contributed by atoms with Crippen molar-refractivity contribution in [2.24, 2.45) is 0 Å². The summed E-state index contributed by atoms with van der Waals surface area (Å²) in [6.07, 6.45) is 1.58. The van der Waals surface area contributed by atoms with Gasteiger partial charge in [-0.25, -0.2) is 0 Å². The first-order valence-electron chi connectivity index (χ1n) is 9.01. The molecule has 3 aromatic rings. The highest BCUT2D eigenvalue weighted by Crippen LogP contribution is 2.21. The Kier molecular flexibility index (Phi) is 6.04. The number of carbonyl (C=O) groups is 1. The maximum atomic E-state index is 12.9. The van der Waals surface area contributed by atoms with E-state index in [9.17, 15) is 4.79 Å². The van der Waals surface area contributed by atoms with Crippen LogP contribution in [-0.4, -0.2) is 32.8 Å². The molecule has 8 heteroatoms. The lowest BCUT2D eigenvalue weighted by molar-refractivity contribution is 0.0769. The zero-order chi connectivity index (χ0) is 20.3. The van der Waals surface area contributed by atoms with E-state index in [-0.39, 0.29) is 18.2 Å². The summed E-state index contributed by atoms with van der Waals surface area (Å²) in [5, 5.41) is 8.69. The van der Waals surface area contributed by atoms with Gasteiger partial charge in [-0.05, 0) is 32.9 Å². The van der Waals surface area contributed by atoms with Crippen molar-refractivity contribution in [2.75, 3.05) is 7.05 Å². The molecule has 2 heterocycles. The first-order valence-corrected chi connectivity index (χ1v) is 9.38. The summed E-state index contributed by atoms with van der Waals surface area (Å²) >= 11 is 6.21. The molecule has 2 aromatic heterocycles. The minimum absolute atomic E-state index is 0.195. The lowest BCUT2D eigenvalue weighted by Gasteiger charge is -2.17. The van der Waals surface area contributed by atoms with Crippen LogP contribution < -0.4 is 4.74 Å². The molecule has 0 saturated carbocycles. The van der Waals surface area contributed by atoms with Gasteiger partial charge in [-0.3, -0.25) is 9.48 Å². The average molecular weight is 403 g/mol. The van der Waals surface area contributed by atoms with Gasteiger partial charge in [0.05, 0.1) is 29.0 Å². The molecule has 0 N–H and O–H groups in total. The van der Waals surface area contributed by atoms with Crippen molar-refractivity contribution < 1.29 is 14.1 Å². The second-order valence-corrected chi connectivity index (χ2v) is 6.99. The van der Waals surface area contributed by atoms with E-state index in [2.05, 4.69) is 10.3 Å². The van der Waals surface area contributed by atoms with Gasteiger partial charge < -0.3 is 14.2 Å². The highest BCUT2D eigenvalue weighted by Gasteiger charge is 2.24. The summed E-state index contributed by atoms with van der Waals surface area (Å²) in [5.74, 6) is 1.01. The van der Waals surface area contributed by atoms with Crippen LogP contribution >= 0.6 is 11.6 Å². The van der Waals surface area contributed by atoms with Crippen LogP contribution in [0.25, 0.3) is 0 Å². The molecule has 0 unspecified atom stereocenters. The Bertz CT molecular complexity index is 962. The number of carbonyl (C=O) groups excluding carboxylic acids is 1. The number of hydrogen-bond acceptors (Lipinski definition) is 5. The standard InChI is InChI=1S/C20H23ClN4O3/c1-5-25-18(17(21)10-22-25)11-24(4)20(26)19-16(14(3)28-23-19)12-27-15-8-6-13(2)7-9-15/h6-10H,5,11-12H2,1-4H3. The van der Waals surface area contributed by atoms with Gasteiger partial charge in [0.15, 0.2) is 5.69 Å². The average Bonchev–Trinajstić information content (AvgIpc) is 3.23. The van der Waals surface area contributed by atoms with Crippen LogP contribution in [0, 0.1) is 13.8 Å². The molecule has 0 spiro atoms. The van der Waals surface area contributed by atoms with E-state index in [4.69, 9.17) is 20.9 Å². The minimum atomic E-state index is -0.265. The van der Waals surface area contributed by atoms with Crippen LogP contribution in [-0.2, 0) is 19.7 Å². The number of rotatable bonds is 7. The number of ether oxygens (including phenoxy) is 1. The molecule has 0 saturated heterocycles. The monoisotopic (exact) mass is 402 g/mol. The summed E-state index contributed by atoms with van der Waals surface area (Å²) in [5.41, 5.74) is 2.80. The molecule has 0 radical (unpaired) electrons. The Balaban J connectivity index is 1.74. The SMILES string of the molecule is CCn1ncc(Cl)c1CN(C)C(=O)c1noc(C)c1COc1ccc(C)cc1. The molecule has 0 fully saturated rings. The van der Waals surface area contributed by atoms with Gasteiger partial charge in [-0.15, -0.1) is 0 Å². The van der Waals surface area contributed by atoms with E-state index in [1.807, 2.05) is 38.1 Å². The summed E-state index contributed by atoms with van der Waals surface area (Å²) in [7, 11) is 1.69. The lowest BCUT2D eigenvalue weighted by Crippen LogP contribution is -2.29. The molecular formula is C20H23ClN4O3. The maximum Gasteiger partial charge on any atom is 0.276 e. The summed E-state index contributed by atoms with van der Waals surface area (Å²) in [6, 6.07) is 7.71. The normalized spacial score (nSPS) is 10.9. The van der Waals surface area contributed by atoms with Crippen LogP contribution in [0.5, 0.6) is 5.75 Å². The first-order chi connectivity index (χ1) is 13.4. The lowest BCUT2D eigenvalue weighted by atomic mass is 10.2. The van der Waals surface area contributed by atoms with Crippen molar-refractivity contribution in [2.45, 2.75) is 40.5 Å². The van der Waals surface area contributed by atoms with Crippen LogP contribution in [0.15, 0.2) is 35.0 Å². The van der Waals surface area contributed by atoms with Crippen molar-refractivity contribution in [1.82, 2.24) is 19.8 Å². The zero-order valence-corrected chi connectivity index (χ0v) is 17.2. The van der Waals surface area contributed by atoms with Crippen molar-refractivity contribution >= 4 is 17.5 Å². The third-order valence-electron chi connectivity index (χ3n) is 4.52. The van der Waals surface area contributed by atoms with Crippen molar-refractivity contribution in [3.8, 4) is 5.75 Å². The zero-order valence-electron chi connectivity index (χ0n) is 16.4. The molecule has 0 aliphatic rings. The van der Waals surface area contributed by atoms with Crippen molar-refractivity contribution in [1.29, 1.82) is 0 Å². The molecule has 148 valence electrons. The van der Waals surface area contributed by atoms with Gasteiger partial charge in [0.25, 0.3) is 5.91 Å². The fraction of sp³-hybridized carbons (Fsp3) is 0.350. The predicted octanol–water partition coefficient (Wildman–Crippen LogP) is 4.01. The fourth-order valence-electron chi connectivity index (χ4n) is 2.81. The van der Waals surface area contributed by atoms with Gasteiger partial charge >= 0.3 is 0 Å². The third-order valence-corrected chi connectivity index (χ3v) is 4.84. The fourth-order valence-corrected chi connectivity index (χ4v) is 3.01. The summed E-state index contributed by atoms with van der Waals surface area (Å²) < 4.78 is 12.8. The quantitative estimate of drug-likeness (QED) is 0.597. The summed E-state index contributed by atoms with van der Waals surface area (Å²) in [6.45, 7) is 6.92. The molecule has 0 aliphatic heterocycles. The number of hydrogen-bond donors (Lipinski definition) is 0. The topological polar surface area (TPSA) is 73.4 Å². The molecule has 7 nitrogen and oxygen atoms in total. The Morgan fingerprint density at radius 2 is 2.00 bits per heavy atom. The molecule has 0 atom stereocenters. The molecule has 3 rings (SSSR count). The first kappa shape index (κ1) is 19.9. The molecule has 0 bridgehead atoms.